The Morgan fingerprint density at radius 1 is 1.10 bits per heavy atom. The van der Waals surface area contributed by atoms with Crippen LogP contribution in [0.25, 0.3) is 0 Å². The summed E-state index contributed by atoms with van der Waals surface area (Å²) >= 11 is 1.58. The molecule has 30 heavy (non-hydrogen) atoms. The monoisotopic (exact) mass is 427 g/mol. The highest BCUT2D eigenvalue weighted by Crippen LogP contribution is 2.34. The molecule has 1 aromatic heterocycles. The highest BCUT2D eigenvalue weighted by molar-refractivity contribution is 7.99. The van der Waals surface area contributed by atoms with E-state index in [4.69, 9.17) is 9.15 Å². The Morgan fingerprint density at radius 2 is 1.83 bits per heavy atom. The molecule has 0 unspecified atom stereocenters. The summed E-state index contributed by atoms with van der Waals surface area (Å²) in [5, 5.41) is 4.16. The maximum Gasteiger partial charge on any atom is 0.251 e. The van der Waals surface area contributed by atoms with Gasteiger partial charge >= 0.3 is 0 Å². The van der Waals surface area contributed by atoms with Crippen molar-refractivity contribution in [3.8, 4) is 0 Å². The van der Waals surface area contributed by atoms with Crippen LogP contribution in [0.15, 0.2) is 51.0 Å². The molecule has 6 nitrogen and oxygen atoms in total. The number of ether oxygens (including phenoxy) is 1. The Balaban J connectivity index is 1.19. The van der Waals surface area contributed by atoms with Gasteiger partial charge in [0.2, 0.25) is 0 Å². The fraction of sp³-hybridized carbons (Fsp3) is 0.522. The van der Waals surface area contributed by atoms with Gasteiger partial charge in [0.05, 0.1) is 18.9 Å². The average molecular weight is 428 g/mol. The third-order valence-electron chi connectivity index (χ3n) is 6.75. The molecule has 1 N–H and O–H groups in total. The summed E-state index contributed by atoms with van der Waals surface area (Å²) in [6.07, 6.45) is 4.20. The number of hydrogen-bond donors (Lipinski definition) is 1. The summed E-state index contributed by atoms with van der Waals surface area (Å²) in [4.78, 5) is 18.6. The fourth-order valence-electron chi connectivity index (χ4n) is 4.92. The van der Waals surface area contributed by atoms with Gasteiger partial charge in [-0.25, -0.2) is 0 Å². The number of amides is 1. The number of rotatable bonds is 5. The predicted octanol–water partition coefficient (Wildman–Crippen LogP) is 3.48. The molecule has 4 fully saturated rings. The molecule has 7 heteroatoms. The number of nitrogens with zero attached hydrogens (tertiary/aromatic N) is 2. The number of morpholine rings is 1. The highest BCUT2D eigenvalue weighted by atomic mass is 32.2. The Bertz CT molecular complexity index is 868. The summed E-state index contributed by atoms with van der Waals surface area (Å²) < 4.78 is 11.1. The minimum Gasteiger partial charge on any atom is -0.456 e. The first-order chi connectivity index (χ1) is 14.7. The predicted molar refractivity (Wildman–Crippen MR) is 117 cm³/mol. The van der Waals surface area contributed by atoms with Crippen molar-refractivity contribution in [2.75, 3.05) is 44.3 Å². The number of carbonyl (C=O) groups excluding carboxylic acids is 1. The lowest BCUT2D eigenvalue weighted by Gasteiger charge is -2.49. The highest BCUT2D eigenvalue weighted by Gasteiger charge is 2.40. The molecule has 6 rings (SSSR count). The van der Waals surface area contributed by atoms with Gasteiger partial charge in [0.25, 0.3) is 5.91 Å². The Hall–Kier alpha value is -1.96. The van der Waals surface area contributed by atoms with E-state index in [0.29, 0.717) is 12.0 Å². The van der Waals surface area contributed by atoms with E-state index in [1.54, 1.807) is 11.8 Å². The number of furan rings is 1. The maximum absolute atomic E-state index is 12.8. The van der Waals surface area contributed by atoms with E-state index in [2.05, 4.69) is 28.1 Å². The minimum absolute atomic E-state index is 0.0322. The van der Waals surface area contributed by atoms with E-state index in [1.165, 1.54) is 25.9 Å². The quantitative estimate of drug-likeness (QED) is 0.789. The number of hydrogen-bond acceptors (Lipinski definition) is 6. The van der Waals surface area contributed by atoms with E-state index in [9.17, 15) is 4.79 Å². The minimum atomic E-state index is 0.0322. The molecule has 0 radical (unpaired) electrons. The van der Waals surface area contributed by atoms with Gasteiger partial charge in [-0.2, -0.15) is 0 Å². The SMILES string of the molecule is C[C@H]1[C@H](NC(=O)c2ccc(Sc3cc(N4CCOCC4)co3)cc2)C2CCN1CC2. The van der Waals surface area contributed by atoms with Crippen LogP contribution in [-0.2, 0) is 4.74 Å². The summed E-state index contributed by atoms with van der Waals surface area (Å²) in [5.41, 5.74) is 1.82. The number of nitrogens with one attached hydrogen (secondary N) is 1. The van der Waals surface area contributed by atoms with Gasteiger partial charge in [0.15, 0.2) is 5.09 Å². The third kappa shape index (κ3) is 4.11. The van der Waals surface area contributed by atoms with Crippen LogP contribution in [0.2, 0.25) is 0 Å². The zero-order valence-electron chi connectivity index (χ0n) is 17.4. The van der Waals surface area contributed by atoms with Gasteiger partial charge < -0.3 is 19.4 Å². The van der Waals surface area contributed by atoms with Gasteiger partial charge in [-0.1, -0.05) is 11.8 Å². The largest absolute Gasteiger partial charge is 0.456 e. The summed E-state index contributed by atoms with van der Waals surface area (Å²) in [7, 11) is 0. The number of anilines is 1. The first-order valence-electron chi connectivity index (χ1n) is 10.9. The summed E-state index contributed by atoms with van der Waals surface area (Å²) in [6, 6.07) is 10.6. The standard InChI is InChI=1S/C23H29N3O3S/c1-16-22(17-6-8-25(16)9-7-17)24-23(27)18-2-4-20(5-3-18)30-21-14-19(15-29-21)26-10-12-28-13-11-26/h2-5,14-17,22H,6-13H2,1H3,(H,24,27)/t16-,22-/m0/s1. The lowest BCUT2D eigenvalue weighted by atomic mass is 9.79. The number of carbonyl (C=O) groups is 1. The number of fused-ring (bicyclic) bond motifs is 3. The zero-order valence-corrected chi connectivity index (χ0v) is 18.2. The molecule has 0 aliphatic carbocycles. The van der Waals surface area contributed by atoms with E-state index in [1.807, 2.05) is 30.5 Å². The van der Waals surface area contributed by atoms with Gasteiger partial charge in [0.1, 0.15) is 6.26 Å². The Morgan fingerprint density at radius 3 is 2.53 bits per heavy atom. The van der Waals surface area contributed by atoms with Crippen molar-refractivity contribution in [3.63, 3.8) is 0 Å². The third-order valence-corrected chi connectivity index (χ3v) is 7.67. The van der Waals surface area contributed by atoms with Crippen molar-refractivity contribution in [1.82, 2.24) is 10.2 Å². The first kappa shape index (κ1) is 20.0. The molecule has 1 aromatic carbocycles. The van der Waals surface area contributed by atoms with Crippen molar-refractivity contribution < 1.29 is 13.9 Å². The molecule has 160 valence electrons. The lowest BCUT2D eigenvalue weighted by Crippen LogP contribution is -2.62. The molecule has 4 saturated heterocycles. The van der Waals surface area contributed by atoms with Crippen molar-refractivity contribution in [2.45, 2.75) is 41.8 Å². The molecule has 1 amide bonds. The van der Waals surface area contributed by atoms with Crippen LogP contribution in [0, 0.1) is 5.92 Å². The first-order valence-corrected chi connectivity index (χ1v) is 11.7. The molecule has 2 atom stereocenters. The second-order valence-corrected chi connectivity index (χ2v) is 9.54. The van der Waals surface area contributed by atoms with Gasteiger partial charge in [-0.05, 0) is 63.0 Å². The average Bonchev–Trinajstić information content (AvgIpc) is 3.26. The molecule has 4 aliphatic rings. The normalized spacial score (nSPS) is 28.5. The molecule has 0 saturated carbocycles. The van der Waals surface area contributed by atoms with Crippen LogP contribution < -0.4 is 10.2 Å². The summed E-state index contributed by atoms with van der Waals surface area (Å²) in [5.74, 6) is 0.646. The van der Waals surface area contributed by atoms with E-state index in [-0.39, 0.29) is 11.9 Å². The molecule has 0 spiro atoms. The molecule has 2 aromatic rings. The van der Waals surface area contributed by atoms with Crippen LogP contribution in [0.1, 0.15) is 30.1 Å². The Labute approximate surface area is 181 Å². The van der Waals surface area contributed by atoms with E-state index < -0.39 is 0 Å². The van der Waals surface area contributed by atoms with Crippen LogP contribution in [0.5, 0.6) is 0 Å². The molecule has 5 heterocycles. The van der Waals surface area contributed by atoms with E-state index >= 15 is 0 Å². The smallest absolute Gasteiger partial charge is 0.251 e. The van der Waals surface area contributed by atoms with Crippen molar-refractivity contribution >= 4 is 23.4 Å². The maximum atomic E-state index is 12.8. The van der Waals surface area contributed by atoms with Crippen LogP contribution in [0.4, 0.5) is 5.69 Å². The van der Waals surface area contributed by atoms with Gasteiger partial charge in [-0.3, -0.25) is 9.69 Å². The van der Waals surface area contributed by atoms with Crippen LogP contribution in [-0.4, -0.2) is 62.3 Å². The molecular weight excluding hydrogens is 398 g/mol. The molecule has 2 bridgehead atoms. The van der Waals surface area contributed by atoms with Crippen LogP contribution in [0.3, 0.4) is 0 Å². The summed E-state index contributed by atoms with van der Waals surface area (Å²) in [6.45, 7) is 7.89. The van der Waals surface area contributed by atoms with Gasteiger partial charge in [0, 0.05) is 41.7 Å². The molecule has 4 aliphatic heterocycles. The van der Waals surface area contributed by atoms with Crippen molar-refractivity contribution in [1.29, 1.82) is 0 Å². The van der Waals surface area contributed by atoms with Crippen LogP contribution >= 0.6 is 11.8 Å². The van der Waals surface area contributed by atoms with Crippen molar-refractivity contribution in [2.24, 2.45) is 5.92 Å². The number of benzene rings is 1. The zero-order chi connectivity index (χ0) is 20.5. The van der Waals surface area contributed by atoms with Gasteiger partial charge in [-0.15, -0.1) is 0 Å². The number of piperidine rings is 3. The Kier molecular flexibility index (Phi) is 5.76. The van der Waals surface area contributed by atoms with E-state index in [0.717, 1.165) is 47.5 Å². The topological polar surface area (TPSA) is 58.0 Å². The van der Waals surface area contributed by atoms with Crippen molar-refractivity contribution in [3.05, 3.63) is 42.2 Å². The lowest BCUT2D eigenvalue weighted by molar-refractivity contribution is 0.0217. The second kappa shape index (κ2) is 8.65. The fourth-order valence-corrected chi connectivity index (χ4v) is 5.70. The second-order valence-electron chi connectivity index (χ2n) is 8.46. The molecular formula is C23H29N3O3S.